The highest BCUT2D eigenvalue weighted by Gasteiger charge is 2.36. The standard InChI is InChI=1S/C16H16F3N3O2/c1-10-9-14(24-21-10)13-7-4-8-22(13)15(23)20-12-6-3-2-5-11(12)16(17,18)19/h2-3,5-6,9,13H,4,7-8H2,1H3,(H,20,23)/t13-/m1/s1. The quantitative estimate of drug-likeness (QED) is 0.884. The number of carbonyl (C=O) groups is 1. The summed E-state index contributed by atoms with van der Waals surface area (Å²) in [6, 6.07) is 5.76. The summed E-state index contributed by atoms with van der Waals surface area (Å²) in [4.78, 5) is 13.9. The molecule has 128 valence electrons. The largest absolute Gasteiger partial charge is 0.418 e. The van der Waals surface area contributed by atoms with Gasteiger partial charge in [0.15, 0.2) is 5.76 Å². The number of alkyl halides is 3. The summed E-state index contributed by atoms with van der Waals surface area (Å²) in [6.07, 6.45) is -3.10. The van der Waals surface area contributed by atoms with Crippen LogP contribution in [0.5, 0.6) is 0 Å². The Morgan fingerprint density at radius 2 is 2.12 bits per heavy atom. The molecule has 5 nitrogen and oxygen atoms in total. The fourth-order valence-corrected chi connectivity index (χ4v) is 2.87. The van der Waals surface area contributed by atoms with Gasteiger partial charge in [-0.2, -0.15) is 13.2 Å². The summed E-state index contributed by atoms with van der Waals surface area (Å²) < 4.78 is 44.3. The summed E-state index contributed by atoms with van der Waals surface area (Å²) in [5.41, 5.74) is -0.432. The first kappa shape index (κ1) is 16.4. The van der Waals surface area contributed by atoms with Crippen LogP contribution < -0.4 is 5.32 Å². The lowest BCUT2D eigenvalue weighted by Gasteiger charge is -2.24. The first-order valence-corrected chi connectivity index (χ1v) is 7.53. The fraction of sp³-hybridized carbons (Fsp3) is 0.375. The van der Waals surface area contributed by atoms with Gasteiger partial charge in [-0.05, 0) is 31.9 Å². The third kappa shape index (κ3) is 3.22. The molecule has 1 atom stereocenters. The van der Waals surface area contributed by atoms with Gasteiger partial charge in [-0.15, -0.1) is 0 Å². The van der Waals surface area contributed by atoms with Gasteiger partial charge in [0.1, 0.15) is 0 Å². The summed E-state index contributed by atoms with van der Waals surface area (Å²) in [6.45, 7) is 2.22. The number of aryl methyl sites for hydroxylation is 1. The predicted molar refractivity (Wildman–Crippen MR) is 80.4 cm³/mol. The number of urea groups is 1. The molecule has 0 unspecified atom stereocenters. The first-order chi connectivity index (χ1) is 11.4. The molecule has 0 saturated carbocycles. The topological polar surface area (TPSA) is 58.4 Å². The molecule has 3 rings (SSSR count). The van der Waals surface area contributed by atoms with Crippen molar-refractivity contribution in [2.24, 2.45) is 0 Å². The second-order valence-electron chi connectivity index (χ2n) is 5.70. The Morgan fingerprint density at radius 3 is 2.79 bits per heavy atom. The Bertz CT molecular complexity index is 742. The smallest absolute Gasteiger partial charge is 0.359 e. The Morgan fingerprint density at radius 1 is 1.38 bits per heavy atom. The van der Waals surface area contributed by atoms with Crippen molar-refractivity contribution < 1.29 is 22.5 Å². The molecular formula is C16H16F3N3O2. The van der Waals surface area contributed by atoms with Crippen molar-refractivity contribution in [3.63, 3.8) is 0 Å². The highest BCUT2D eigenvalue weighted by molar-refractivity contribution is 5.90. The van der Waals surface area contributed by atoms with Crippen LogP contribution in [-0.2, 0) is 6.18 Å². The minimum atomic E-state index is -4.53. The van der Waals surface area contributed by atoms with Gasteiger partial charge in [0.25, 0.3) is 0 Å². The number of carbonyl (C=O) groups excluding carboxylic acids is 1. The fourth-order valence-electron chi connectivity index (χ4n) is 2.87. The molecule has 1 aromatic heterocycles. The lowest BCUT2D eigenvalue weighted by Crippen LogP contribution is -2.34. The van der Waals surface area contributed by atoms with E-state index in [0.717, 1.165) is 12.5 Å². The second kappa shape index (κ2) is 6.18. The van der Waals surface area contributed by atoms with E-state index in [1.54, 1.807) is 13.0 Å². The van der Waals surface area contributed by atoms with Crippen LogP contribution in [-0.4, -0.2) is 22.6 Å². The molecule has 1 fully saturated rings. The van der Waals surface area contributed by atoms with E-state index in [1.165, 1.54) is 23.1 Å². The summed E-state index contributed by atoms with van der Waals surface area (Å²) in [7, 11) is 0. The van der Waals surface area contributed by atoms with E-state index in [-0.39, 0.29) is 11.7 Å². The normalized spacial score (nSPS) is 18.0. The van der Waals surface area contributed by atoms with Crippen LogP contribution in [0.1, 0.15) is 35.9 Å². The van der Waals surface area contributed by atoms with Gasteiger partial charge < -0.3 is 14.7 Å². The van der Waals surface area contributed by atoms with Gasteiger partial charge in [-0.25, -0.2) is 4.79 Å². The van der Waals surface area contributed by atoms with Crippen molar-refractivity contribution in [2.45, 2.75) is 32.0 Å². The molecular weight excluding hydrogens is 323 g/mol. The van der Waals surface area contributed by atoms with E-state index in [1.807, 2.05) is 0 Å². The number of aromatic nitrogens is 1. The Hall–Kier alpha value is -2.51. The van der Waals surface area contributed by atoms with Gasteiger partial charge in [0, 0.05) is 12.6 Å². The van der Waals surface area contributed by atoms with E-state index < -0.39 is 17.8 Å². The molecule has 1 aliphatic rings. The molecule has 2 amide bonds. The predicted octanol–water partition coefficient (Wildman–Crippen LogP) is 4.37. The Balaban J connectivity index is 1.80. The van der Waals surface area contributed by atoms with E-state index in [2.05, 4.69) is 10.5 Å². The molecule has 2 aromatic rings. The monoisotopic (exact) mass is 339 g/mol. The number of hydrogen-bond acceptors (Lipinski definition) is 3. The number of benzene rings is 1. The van der Waals surface area contributed by atoms with Crippen LogP contribution in [0.15, 0.2) is 34.9 Å². The zero-order chi connectivity index (χ0) is 17.3. The lowest BCUT2D eigenvalue weighted by atomic mass is 10.1. The van der Waals surface area contributed by atoms with Gasteiger partial charge >= 0.3 is 12.2 Å². The first-order valence-electron chi connectivity index (χ1n) is 7.53. The number of rotatable bonds is 2. The molecule has 0 bridgehead atoms. The molecule has 24 heavy (non-hydrogen) atoms. The molecule has 8 heteroatoms. The van der Waals surface area contributed by atoms with Crippen molar-refractivity contribution >= 4 is 11.7 Å². The number of likely N-dealkylation sites (tertiary alicyclic amines) is 1. The number of para-hydroxylation sites is 1. The average molecular weight is 339 g/mol. The van der Waals surface area contributed by atoms with E-state index in [9.17, 15) is 18.0 Å². The number of halogens is 3. The van der Waals surface area contributed by atoms with Gasteiger partial charge in [0.2, 0.25) is 0 Å². The van der Waals surface area contributed by atoms with E-state index in [4.69, 9.17) is 4.52 Å². The van der Waals surface area contributed by atoms with E-state index >= 15 is 0 Å². The number of nitrogens with one attached hydrogen (secondary N) is 1. The number of amides is 2. The minimum Gasteiger partial charge on any atom is -0.359 e. The second-order valence-corrected chi connectivity index (χ2v) is 5.70. The van der Waals surface area contributed by atoms with E-state index in [0.29, 0.717) is 24.4 Å². The Labute approximate surface area is 136 Å². The zero-order valence-electron chi connectivity index (χ0n) is 12.9. The molecule has 1 aromatic carbocycles. The molecule has 2 heterocycles. The van der Waals surface area contributed by atoms with Crippen molar-refractivity contribution in [3.8, 4) is 0 Å². The summed E-state index contributed by atoms with van der Waals surface area (Å²) in [5.74, 6) is 0.546. The molecule has 1 aliphatic heterocycles. The maximum Gasteiger partial charge on any atom is 0.418 e. The van der Waals surface area contributed by atoms with Crippen LogP contribution in [0.25, 0.3) is 0 Å². The van der Waals surface area contributed by atoms with Crippen molar-refractivity contribution in [1.29, 1.82) is 0 Å². The van der Waals surface area contributed by atoms with Crippen LogP contribution in [0.3, 0.4) is 0 Å². The van der Waals surface area contributed by atoms with Gasteiger partial charge in [-0.3, -0.25) is 0 Å². The van der Waals surface area contributed by atoms with Crippen LogP contribution in [0.4, 0.5) is 23.7 Å². The maximum atomic E-state index is 13.0. The van der Waals surface area contributed by atoms with Crippen molar-refractivity contribution in [2.75, 3.05) is 11.9 Å². The molecule has 1 saturated heterocycles. The number of hydrogen-bond donors (Lipinski definition) is 1. The average Bonchev–Trinajstić information content (AvgIpc) is 3.15. The van der Waals surface area contributed by atoms with Crippen LogP contribution in [0, 0.1) is 6.92 Å². The highest BCUT2D eigenvalue weighted by atomic mass is 19.4. The summed E-state index contributed by atoms with van der Waals surface area (Å²) in [5, 5.41) is 6.17. The SMILES string of the molecule is Cc1cc([C@H]2CCCN2C(=O)Nc2ccccc2C(F)(F)F)on1. The molecule has 0 aliphatic carbocycles. The number of nitrogens with zero attached hydrogens (tertiary/aromatic N) is 2. The van der Waals surface area contributed by atoms with Gasteiger partial charge in [0.05, 0.1) is 23.0 Å². The molecule has 1 N–H and O–H groups in total. The third-order valence-electron chi connectivity index (χ3n) is 3.96. The minimum absolute atomic E-state index is 0.255. The van der Waals surface area contributed by atoms with Crippen LogP contribution >= 0.6 is 0 Å². The maximum absolute atomic E-state index is 13.0. The van der Waals surface area contributed by atoms with Crippen molar-refractivity contribution in [3.05, 3.63) is 47.3 Å². The molecule has 0 radical (unpaired) electrons. The summed E-state index contributed by atoms with van der Waals surface area (Å²) >= 11 is 0. The lowest BCUT2D eigenvalue weighted by molar-refractivity contribution is -0.136. The zero-order valence-corrected chi connectivity index (χ0v) is 12.9. The highest BCUT2D eigenvalue weighted by Crippen LogP contribution is 2.36. The number of anilines is 1. The van der Waals surface area contributed by atoms with Crippen molar-refractivity contribution in [1.82, 2.24) is 10.1 Å². The molecule has 0 spiro atoms. The third-order valence-corrected chi connectivity index (χ3v) is 3.96. The Kier molecular flexibility index (Phi) is 4.21. The van der Waals surface area contributed by atoms with Gasteiger partial charge in [-0.1, -0.05) is 17.3 Å². The van der Waals surface area contributed by atoms with Crippen LogP contribution in [0.2, 0.25) is 0 Å².